The molecule has 6 rings (SSSR count). The lowest BCUT2D eigenvalue weighted by Gasteiger charge is -2.43. The normalized spacial score (nSPS) is 22.4. The summed E-state index contributed by atoms with van der Waals surface area (Å²) in [5, 5.41) is 9.80. The van der Waals surface area contributed by atoms with Crippen molar-refractivity contribution in [2.45, 2.75) is 63.8 Å². The summed E-state index contributed by atoms with van der Waals surface area (Å²) in [5.74, 6) is 2.25. The highest BCUT2D eigenvalue weighted by Crippen LogP contribution is 2.45. The number of aromatic nitrogens is 4. The molecule has 0 radical (unpaired) electrons. The number of alkyl halides is 3. The van der Waals surface area contributed by atoms with Gasteiger partial charge in [0.1, 0.15) is 5.82 Å². The minimum Gasteiger partial charge on any atom is -0.493 e. The van der Waals surface area contributed by atoms with Gasteiger partial charge in [-0.1, -0.05) is 11.6 Å². The number of hydrogen-bond acceptors (Lipinski definition) is 6. The van der Waals surface area contributed by atoms with Crippen LogP contribution in [0.5, 0.6) is 5.75 Å². The maximum atomic E-state index is 13.2. The molecule has 3 aliphatic rings. The molecule has 202 valence electrons. The molecule has 2 aromatic heterocycles. The number of pyridine rings is 1. The van der Waals surface area contributed by atoms with E-state index in [0.29, 0.717) is 18.1 Å². The van der Waals surface area contributed by atoms with Crippen molar-refractivity contribution in [2.75, 3.05) is 25.1 Å². The van der Waals surface area contributed by atoms with Gasteiger partial charge in [0.2, 0.25) is 0 Å². The number of halogens is 4. The number of piperidine rings is 1. The molecular formula is C27H30ClF3N6O. The molecule has 2 fully saturated rings. The van der Waals surface area contributed by atoms with Crippen molar-refractivity contribution in [1.29, 1.82) is 0 Å². The summed E-state index contributed by atoms with van der Waals surface area (Å²) >= 11 is 6.36. The molecule has 0 amide bonds. The van der Waals surface area contributed by atoms with Gasteiger partial charge in [0.15, 0.2) is 17.4 Å². The van der Waals surface area contributed by atoms with Crippen molar-refractivity contribution < 1.29 is 17.9 Å². The van der Waals surface area contributed by atoms with Crippen LogP contribution in [0.25, 0.3) is 5.69 Å². The maximum Gasteiger partial charge on any atom is 0.391 e. The molecule has 0 atom stereocenters. The minimum atomic E-state index is -4.14. The zero-order chi connectivity index (χ0) is 26.6. The van der Waals surface area contributed by atoms with E-state index < -0.39 is 12.1 Å². The van der Waals surface area contributed by atoms with Gasteiger partial charge in [0.25, 0.3) is 0 Å². The van der Waals surface area contributed by atoms with Crippen molar-refractivity contribution in [1.82, 2.24) is 24.6 Å². The van der Waals surface area contributed by atoms with Crippen molar-refractivity contribution in [3.63, 3.8) is 0 Å². The smallest absolute Gasteiger partial charge is 0.391 e. The number of methoxy groups -OCH3 is 1. The molecule has 11 heteroatoms. The topological polar surface area (TPSA) is 59.3 Å². The lowest BCUT2D eigenvalue weighted by Crippen LogP contribution is -2.48. The Bertz CT molecular complexity index is 1330. The van der Waals surface area contributed by atoms with Crippen molar-refractivity contribution in [3.8, 4) is 11.4 Å². The third kappa shape index (κ3) is 4.62. The van der Waals surface area contributed by atoms with Gasteiger partial charge in [0, 0.05) is 42.3 Å². The Balaban J connectivity index is 1.26. The number of hydrogen-bond donors (Lipinski definition) is 0. The highest BCUT2D eigenvalue weighted by molar-refractivity contribution is 6.30. The number of fused-ring (bicyclic) bond motifs is 3. The molecule has 0 unspecified atom stereocenters. The van der Waals surface area contributed by atoms with Crippen molar-refractivity contribution in [3.05, 3.63) is 58.3 Å². The average molecular weight is 547 g/mol. The van der Waals surface area contributed by atoms with Crippen LogP contribution in [0.1, 0.15) is 54.5 Å². The summed E-state index contributed by atoms with van der Waals surface area (Å²) in [6, 6.07) is 9.51. The number of nitrogens with zero attached hydrogens (tertiary/aromatic N) is 6. The molecule has 38 heavy (non-hydrogen) atoms. The van der Waals surface area contributed by atoms with Gasteiger partial charge in [-0.15, -0.1) is 10.2 Å². The predicted octanol–water partition coefficient (Wildman–Crippen LogP) is 5.67. The van der Waals surface area contributed by atoms with Crippen LogP contribution in [-0.2, 0) is 13.1 Å². The summed E-state index contributed by atoms with van der Waals surface area (Å²) in [4.78, 5) is 9.07. The molecule has 1 saturated heterocycles. The Morgan fingerprint density at radius 3 is 2.50 bits per heavy atom. The van der Waals surface area contributed by atoms with Gasteiger partial charge < -0.3 is 9.64 Å². The SMILES string of the molecule is COc1ccc(C)nc1N1CCC(c2nnc3n2-c2ccc(Cl)cc2CN(C2CC(C(F)(F)F)C2)C3)CC1. The van der Waals surface area contributed by atoms with Crippen LogP contribution in [0.2, 0.25) is 5.02 Å². The van der Waals surface area contributed by atoms with Crippen LogP contribution < -0.4 is 9.64 Å². The molecule has 0 spiro atoms. The zero-order valence-corrected chi connectivity index (χ0v) is 22.1. The molecule has 2 aliphatic heterocycles. The molecule has 1 saturated carbocycles. The fourth-order valence-electron chi connectivity index (χ4n) is 5.99. The molecule has 1 aromatic carbocycles. The highest BCUT2D eigenvalue weighted by atomic mass is 35.5. The molecule has 0 bridgehead atoms. The maximum absolute atomic E-state index is 13.2. The summed E-state index contributed by atoms with van der Waals surface area (Å²) in [5.41, 5.74) is 2.89. The molecule has 3 aromatic rings. The minimum absolute atomic E-state index is 0.120. The van der Waals surface area contributed by atoms with Crippen LogP contribution in [0.3, 0.4) is 0 Å². The van der Waals surface area contributed by atoms with Gasteiger partial charge in [-0.2, -0.15) is 13.2 Å². The number of rotatable bonds is 4. The number of ether oxygens (including phenoxy) is 1. The standard InChI is InChI=1S/C27H30ClF3N6O/c1-16-3-6-23(38-2)26(32-16)35-9-7-17(8-10-35)25-34-33-24-15-36(21-12-19(13-21)27(29,30)31)14-18-11-20(28)4-5-22(18)37(24)25/h3-6,11,17,19,21H,7-10,12-15H2,1-2H3. The fraction of sp³-hybridized carbons (Fsp3) is 0.519. The van der Waals surface area contributed by atoms with E-state index >= 15 is 0 Å². The largest absolute Gasteiger partial charge is 0.493 e. The van der Waals surface area contributed by atoms with E-state index in [1.54, 1.807) is 7.11 Å². The van der Waals surface area contributed by atoms with E-state index in [1.807, 2.05) is 37.3 Å². The Hall–Kier alpha value is -2.85. The summed E-state index contributed by atoms with van der Waals surface area (Å²) in [6.45, 7) is 4.57. The van der Waals surface area contributed by atoms with Crippen molar-refractivity contribution >= 4 is 17.4 Å². The zero-order valence-electron chi connectivity index (χ0n) is 21.4. The van der Waals surface area contributed by atoms with Crippen molar-refractivity contribution in [2.24, 2.45) is 5.92 Å². The van der Waals surface area contributed by atoms with Gasteiger partial charge >= 0.3 is 6.18 Å². The number of anilines is 1. The third-order valence-corrected chi connectivity index (χ3v) is 8.44. The Morgan fingerprint density at radius 2 is 1.79 bits per heavy atom. The van der Waals surface area contributed by atoms with E-state index in [0.717, 1.165) is 66.1 Å². The lowest BCUT2D eigenvalue weighted by molar-refractivity contribution is -0.207. The van der Waals surface area contributed by atoms with E-state index in [2.05, 4.69) is 24.6 Å². The average Bonchev–Trinajstić information content (AvgIpc) is 3.18. The number of aryl methyl sites for hydroxylation is 1. The Labute approximate surface area is 224 Å². The van der Waals surface area contributed by atoms with E-state index in [9.17, 15) is 13.2 Å². The highest BCUT2D eigenvalue weighted by Gasteiger charge is 2.50. The van der Waals surface area contributed by atoms with E-state index in [-0.39, 0.29) is 24.8 Å². The summed E-state index contributed by atoms with van der Waals surface area (Å²) < 4.78 is 47.2. The van der Waals surface area contributed by atoms with Crippen LogP contribution in [-0.4, -0.2) is 57.1 Å². The first-order valence-electron chi connectivity index (χ1n) is 13.0. The quantitative estimate of drug-likeness (QED) is 0.420. The van der Waals surface area contributed by atoms with Gasteiger partial charge in [-0.3, -0.25) is 9.47 Å². The number of benzene rings is 1. The first kappa shape index (κ1) is 25.4. The van der Waals surface area contributed by atoms with Gasteiger partial charge in [-0.05, 0) is 68.5 Å². The molecule has 7 nitrogen and oxygen atoms in total. The molecule has 4 heterocycles. The van der Waals surface area contributed by atoms with E-state index in [1.165, 1.54) is 0 Å². The monoisotopic (exact) mass is 546 g/mol. The van der Waals surface area contributed by atoms with Crippen LogP contribution in [0, 0.1) is 12.8 Å². The second-order valence-corrected chi connectivity index (χ2v) is 11.0. The lowest BCUT2D eigenvalue weighted by atomic mass is 9.78. The van der Waals surface area contributed by atoms with Crippen LogP contribution in [0.15, 0.2) is 30.3 Å². The molecule has 1 aliphatic carbocycles. The summed E-state index contributed by atoms with van der Waals surface area (Å²) in [7, 11) is 1.66. The van der Waals surface area contributed by atoms with Crippen LogP contribution >= 0.6 is 11.6 Å². The second-order valence-electron chi connectivity index (χ2n) is 10.6. The predicted molar refractivity (Wildman–Crippen MR) is 138 cm³/mol. The first-order valence-corrected chi connectivity index (χ1v) is 13.4. The van der Waals surface area contributed by atoms with Gasteiger partial charge in [-0.25, -0.2) is 4.98 Å². The first-order chi connectivity index (χ1) is 18.2. The Kier molecular flexibility index (Phi) is 6.50. The molecule has 0 N–H and O–H groups in total. The van der Waals surface area contributed by atoms with Crippen LogP contribution in [0.4, 0.5) is 19.0 Å². The fourth-order valence-corrected chi connectivity index (χ4v) is 6.19. The van der Waals surface area contributed by atoms with E-state index in [4.69, 9.17) is 21.3 Å². The third-order valence-electron chi connectivity index (χ3n) is 8.21. The second kappa shape index (κ2) is 9.72. The summed E-state index contributed by atoms with van der Waals surface area (Å²) in [6.07, 6.45) is -2.15. The molecular weight excluding hydrogens is 517 g/mol. The van der Waals surface area contributed by atoms with Gasteiger partial charge in [0.05, 0.1) is 25.3 Å². The Morgan fingerprint density at radius 1 is 1.03 bits per heavy atom.